The monoisotopic (exact) mass is 248 g/mol. The minimum atomic E-state index is -3.26. The summed E-state index contributed by atoms with van der Waals surface area (Å²) in [5.41, 5.74) is 0. The van der Waals surface area contributed by atoms with Gasteiger partial charge in [-0.1, -0.05) is 20.8 Å². The van der Waals surface area contributed by atoms with Gasteiger partial charge in [0.1, 0.15) is 0 Å². The Kier molecular flexibility index (Phi) is 5.21. The van der Waals surface area contributed by atoms with Crippen LogP contribution in [0, 0.1) is 5.92 Å². The van der Waals surface area contributed by atoms with Crippen LogP contribution in [0.3, 0.4) is 0 Å². The van der Waals surface area contributed by atoms with Crippen molar-refractivity contribution in [1.82, 2.24) is 9.03 Å². The molecule has 16 heavy (non-hydrogen) atoms. The maximum atomic E-state index is 12.0. The second kappa shape index (κ2) is 5.98. The van der Waals surface area contributed by atoms with Crippen LogP contribution in [-0.2, 0) is 10.2 Å². The first-order chi connectivity index (χ1) is 7.49. The zero-order chi connectivity index (χ0) is 12.2. The first-order valence-electron chi connectivity index (χ1n) is 6.27. The average molecular weight is 248 g/mol. The van der Waals surface area contributed by atoms with Crippen molar-refractivity contribution >= 4 is 10.2 Å². The van der Waals surface area contributed by atoms with E-state index in [1.807, 2.05) is 13.8 Å². The summed E-state index contributed by atoms with van der Waals surface area (Å²) in [4.78, 5) is 0. The quantitative estimate of drug-likeness (QED) is 0.805. The Bertz CT molecular complexity index is 291. The average Bonchev–Trinajstić information content (AvgIpc) is 2.22. The van der Waals surface area contributed by atoms with E-state index in [-0.39, 0.29) is 6.04 Å². The second-order valence-electron chi connectivity index (χ2n) is 4.66. The van der Waals surface area contributed by atoms with Gasteiger partial charge in [-0.3, -0.25) is 0 Å². The van der Waals surface area contributed by atoms with Gasteiger partial charge in [-0.15, -0.1) is 0 Å². The van der Waals surface area contributed by atoms with E-state index in [1.54, 1.807) is 0 Å². The number of hydrogen-bond acceptors (Lipinski definition) is 2. The van der Waals surface area contributed by atoms with Gasteiger partial charge in [-0.05, 0) is 31.6 Å². The molecule has 1 rings (SSSR count). The highest BCUT2D eigenvalue weighted by atomic mass is 32.2. The van der Waals surface area contributed by atoms with Crippen LogP contribution in [0.15, 0.2) is 0 Å². The summed E-state index contributed by atoms with van der Waals surface area (Å²) in [5, 5.41) is 0. The molecular formula is C11H24N2O2S. The SMILES string of the molecule is CCN(CC)S(=O)(=O)NC1CCC(C)CC1. The summed E-state index contributed by atoms with van der Waals surface area (Å²) in [5.74, 6) is 0.745. The summed E-state index contributed by atoms with van der Waals surface area (Å²) < 4.78 is 28.2. The van der Waals surface area contributed by atoms with Crippen LogP contribution in [0.1, 0.15) is 46.5 Å². The molecule has 4 nitrogen and oxygen atoms in total. The van der Waals surface area contributed by atoms with Gasteiger partial charge in [-0.2, -0.15) is 17.4 Å². The zero-order valence-corrected chi connectivity index (χ0v) is 11.4. The van der Waals surface area contributed by atoms with Gasteiger partial charge in [0, 0.05) is 19.1 Å². The number of rotatable bonds is 5. The summed E-state index contributed by atoms with van der Waals surface area (Å²) >= 11 is 0. The van der Waals surface area contributed by atoms with Gasteiger partial charge in [0.05, 0.1) is 0 Å². The van der Waals surface area contributed by atoms with Crippen LogP contribution in [-0.4, -0.2) is 31.9 Å². The Balaban J connectivity index is 2.52. The lowest BCUT2D eigenvalue weighted by atomic mass is 9.88. The van der Waals surface area contributed by atoms with Crippen LogP contribution in [0.4, 0.5) is 0 Å². The van der Waals surface area contributed by atoms with Crippen molar-refractivity contribution in [3.8, 4) is 0 Å². The Hall–Kier alpha value is -0.130. The molecule has 0 bridgehead atoms. The molecule has 1 aliphatic rings. The molecule has 0 aromatic carbocycles. The highest BCUT2D eigenvalue weighted by Crippen LogP contribution is 2.24. The van der Waals surface area contributed by atoms with Crippen LogP contribution in [0.2, 0.25) is 0 Å². The zero-order valence-electron chi connectivity index (χ0n) is 10.6. The van der Waals surface area contributed by atoms with Crippen molar-refractivity contribution in [2.75, 3.05) is 13.1 Å². The molecule has 1 fully saturated rings. The van der Waals surface area contributed by atoms with E-state index in [0.29, 0.717) is 13.1 Å². The van der Waals surface area contributed by atoms with E-state index in [1.165, 1.54) is 4.31 Å². The van der Waals surface area contributed by atoms with Crippen molar-refractivity contribution in [3.63, 3.8) is 0 Å². The molecule has 0 aromatic heterocycles. The molecular weight excluding hydrogens is 224 g/mol. The standard InChI is InChI=1S/C11H24N2O2S/c1-4-13(5-2)16(14,15)12-11-8-6-10(3)7-9-11/h10-12H,4-9H2,1-3H3. The summed E-state index contributed by atoms with van der Waals surface area (Å²) in [6.07, 6.45) is 4.21. The number of hydrogen-bond donors (Lipinski definition) is 1. The lowest BCUT2D eigenvalue weighted by Gasteiger charge is -2.29. The van der Waals surface area contributed by atoms with Gasteiger partial charge < -0.3 is 0 Å². The lowest BCUT2D eigenvalue weighted by molar-refractivity contribution is 0.324. The van der Waals surface area contributed by atoms with Crippen LogP contribution >= 0.6 is 0 Å². The summed E-state index contributed by atoms with van der Waals surface area (Å²) in [6.45, 7) is 7.04. The molecule has 0 saturated heterocycles. The fourth-order valence-electron chi connectivity index (χ4n) is 2.23. The van der Waals surface area contributed by atoms with E-state index in [4.69, 9.17) is 0 Å². The Morgan fingerprint density at radius 1 is 1.12 bits per heavy atom. The van der Waals surface area contributed by atoms with Gasteiger partial charge in [-0.25, -0.2) is 0 Å². The van der Waals surface area contributed by atoms with Crippen molar-refractivity contribution < 1.29 is 8.42 Å². The highest BCUT2D eigenvalue weighted by molar-refractivity contribution is 7.87. The lowest BCUT2D eigenvalue weighted by Crippen LogP contribution is -2.46. The molecule has 5 heteroatoms. The molecule has 0 spiro atoms. The van der Waals surface area contributed by atoms with Gasteiger partial charge in [0.2, 0.25) is 0 Å². The molecule has 0 radical (unpaired) electrons. The fourth-order valence-corrected chi connectivity index (χ4v) is 3.71. The highest BCUT2D eigenvalue weighted by Gasteiger charge is 2.25. The smallest absolute Gasteiger partial charge is 0.199 e. The Morgan fingerprint density at radius 2 is 1.62 bits per heavy atom. The van der Waals surface area contributed by atoms with Crippen molar-refractivity contribution in [2.45, 2.75) is 52.5 Å². The predicted molar refractivity (Wildman–Crippen MR) is 66.4 cm³/mol. The normalized spacial score (nSPS) is 27.2. The molecule has 0 amide bonds. The first-order valence-corrected chi connectivity index (χ1v) is 7.71. The topological polar surface area (TPSA) is 49.4 Å². The van der Waals surface area contributed by atoms with Gasteiger partial charge in [0.25, 0.3) is 10.2 Å². The molecule has 1 N–H and O–H groups in total. The molecule has 96 valence electrons. The third-order valence-electron chi connectivity index (χ3n) is 3.38. The summed E-state index contributed by atoms with van der Waals surface area (Å²) in [6, 6.07) is 0.141. The molecule has 1 saturated carbocycles. The molecule has 0 aromatic rings. The van der Waals surface area contributed by atoms with Crippen molar-refractivity contribution in [3.05, 3.63) is 0 Å². The first kappa shape index (κ1) is 13.9. The van der Waals surface area contributed by atoms with E-state index < -0.39 is 10.2 Å². The maximum Gasteiger partial charge on any atom is 0.279 e. The second-order valence-corrected chi connectivity index (χ2v) is 6.37. The van der Waals surface area contributed by atoms with Crippen LogP contribution < -0.4 is 4.72 Å². The van der Waals surface area contributed by atoms with Gasteiger partial charge >= 0.3 is 0 Å². The van der Waals surface area contributed by atoms with Crippen molar-refractivity contribution in [1.29, 1.82) is 0 Å². The minimum absolute atomic E-state index is 0.141. The van der Waals surface area contributed by atoms with E-state index in [2.05, 4.69) is 11.6 Å². The minimum Gasteiger partial charge on any atom is -0.199 e. The molecule has 0 unspecified atom stereocenters. The predicted octanol–water partition coefficient (Wildman–Crippen LogP) is 1.74. The van der Waals surface area contributed by atoms with Crippen LogP contribution in [0.25, 0.3) is 0 Å². The number of nitrogens with one attached hydrogen (secondary N) is 1. The molecule has 0 atom stereocenters. The maximum absolute atomic E-state index is 12.0. The third kappa shape index (κ3) is 3.71. The number of nitrogens with zero attached hydrogens (tertiary/aromatic N) is 1. The van der Waals surface area contributed by atoms with Crippen LogP contribution in [0.5, 0.6) is 0 Å². The Morgan fingerprint density at radius 3 is 2.06 bits per heavy atom. The largest absolute Gasteiger partial charge is 0.279 e. The van der Waals surface area contributed by atoms with E-state index in [9.17, 15) is 8.42 Å². The Labute approximate surface area is 99.6 Å². The summed E-state index contributed by atoms with van der Waals surface area (Å²) in [7, 11) is -3.26. The fraction of sp³-hybridized carbons (Fsp3) is 1.00. The molecule has 0 aliphatic heterocycles. The van der Waals surface area contributed by atoms with E-state index in [0.717, 1.165) is 31.6 Å². The molecule has 1 aliphatic carbocycles. The molecule has 0 heterocycles. The third-order valence-corrected chi connectivity index (χ3v) is 5.20. The van der Waals surface area contributed by atoms with Gasteiger partial charge in [0.15, 0.2) is 0 Å². The van der Waals surface area contributed by atoms with Crippen molar-refractivity contribution in [2.24, 2.45) is 5.92 Å². The van der Waals surface area contributed by atoms with E-state index >= 15 is 0 Å².